The van der Waals surface area contributed by atoms with E-state index in [-0.39, 0.29) is 30.4 Å². The number of amides is 2. The number of imidazole rings is 1. The Morgan fingerprint density at radius 1 is 1.54 bits per heavy atom. The Bertz CT molecular complexity index is 604. The molecular formula is C15H23ClN4O4. The van der Waals surface area contributed by atoms with Crippen LogP contribution in [0, 0.1) is 0 Å². The third kappa shape index (κ3) is 4.39. The van der Waals surface area contributed by atoms with Gasteiger partial charge in [0.05, 0.1) is 30.5 Å². The lowest BCUT2D eigenvalue weighted by Gasteiger charge is -2.38. The van der Waals surface area contributed by atoms with E-state index in [9.17, 15) is 9.59 Å². The first-order valence-electron chi connectivity index (χ1n) is 8.00. The van der Waals surface area contributed by atoms with Gasteiger partial charge in [0.2, 0.25) is 0 Å². The van der Waals surface area contributed by atoms with Crippen LogP contribution in [-0.2, 0) is 11.2 Å². The molecule has 0 radical (unpaired) electrons. The number of hydrogen-bond donors (Lipinski definition) is 3. The Hall–Kier alpha value is -1.80. The van der Waals surface area contributed by atoms with Gasteiger partial charge in [0, 0.05) is 6.54 Å². The van der Waals surface area contributed by atoms with Gasteiger partial charge in [0.25, 0.3) is 5.91 Å². The number of carboxylic acid groups (broad SMARTS) is 1. The van der Waals surface area contributed by atoms with Crippen LogP contribution in [0.2, 0.25) is 5.15 Å². The third-order valence-electron chi connectivity index (χ3n) is 3.89. The van der Waals surface area contributed by atoms with Crippen molar-refractivity contribution in [2.75, 3.05) is 13.1 Å². The molecule has 2 heterocycles. The van der Waals surface area contributed by atoms with Crippen molar-refractivity contribution >= 4 is 23.6 Å². The van der Waals surface area contributed by atoms with E-state index in [4.69, 9.17) is 21.4 Å². The summed E-state index contributed by atoms with van der Waals surface area (Å²) in [5.74, 6) is -0.219. The SMILES string of the molecule is CCc1[nH]c(C(=O)NC2CCN(C(=O)O)CC2OC(C)C)nc1Cl. The number of carbonyl (C=O) groups excluding carboxylic acids is 1. The van der Waals surface area contributed by atoms with Gasteiger partial charge in [0.15, 0.2) is 11.0 Å². The summed E-state index contributed by atoms with van der Waals surface area (Å²) in [6.45, 7) is 6.22. The van der Waals surface area contributed by atoms with E-state index in [0.29, 0.717) is 30.2 Å². The van der Waals surface area contributed by atoms with Crippen LogP contribution in [0.25, 0.3) is 0 Å². The molecule has 2 unspecified atom stereocenters. The lowest BCUT2D eigenvalue weighted by molar-refractivity contribution is -0.0457. The molecule has 1 aromatic rings. The highest BCUT2D eigenvalue weighted by Gasteiger charge is 2.34. The van der Waals surface area contributed by atoms with Crippen molar-refractivity contribution in [2.24, 2.45) is 0 Å². The minimum absolute atomic E-state index is 0.0760. The van der Waals surface area contributed by atoms with E-state index in [1.165, 1.54) is 4.90 Å². The zero-order valence-corrected chi connectivity index (χ0v) is 14.8. The fraction of sp³-hybridized carbons (Fsp3) is 0.667. The van der Waals surface area contributed by atoms with Crippen molar-refractivity contribution in [3.05, 3.63) is 16.7 Å². The molecule has 0 saturated carbocycles. The summed E-state index contributed by atoms with van der Waals surface area (Å²) in [5, 5.41) is 12.3. The minimum Gasteiger partial charge on any atom is -0.465 e. The lowest BCUT2D eigenvalue weighted by atomic mass is 10.0. The van der Waals surface area contributed by atoms with Crippen LogP contribution in [0.5, 0.6) is 0 Å². The highest BCUT2D eigenvalue weighted by molar-refractivity contribution is 6.30. The molecule has 1 fully saturated rings. The van der Waals surface area contributed by atoms with Gasteiger partial charge in [-0.15, -0.1) is 0 Å². The number of aromatic nitrogens is 2. The van der Waals surface area contributed by atoms with Crippen LogP contribution in [0.4, 0.5) is 4.79 Å². The number of H-pyrrole nitrogens is 1. The van der Waals surface area contributed by atoms with E-state index in [1.54, 1.807) is 0 Å². The Kier molecular flexibility index (Phi) is 6.06. The largest absolute Gasteiger partial charge is 0.465 e. The maximum absolute atomic E-state index is 12.4. The third-order valence-corrected chi connectivity index (χ3v) is 4.20. The summed E-state index contributed by atoms with van der Waals surface area (Å²) in [7, 11) is 0. The number of nitrogens with one attached hydrogen (secondary N) is 2. The molecule has 3 N–H and O–H groups in total. The van der Waals surface area contributed by atoms with Gasteiger partial charge in [-0.25, -0.2) is 9.78 Å². The van der Waals surface area contributed by atoms with Crippen molar-refractivity contribution in [3.63, 3.8) is 0 Å². The molecule has 0 aliphatic carbocycles. The second-order valence-corrected chi connectivity index (χ2v) is 6.39. The molecule has 0 bridgehead atoms. The summed E-state index contributed by atoms with van der Waals surface area (Å²) in [4.78, 5) is 31.8. The maximum Gasteiger partial charge on any atom is 0.407 e. The average molecular weight is 359 g/mol. The number of nitrogens with zero attached hydrogens (tertiary/aromatic N) is 2. The van der Waals surface area contributed by atoms with Crippen LogP contribution < -0.4 is 5.32 Å². The number of hydrogen-bond acceptors (Lipinski definition) is 4. The van der Waals surface area contributed by atoms with Crippen LogP contribution >= 0.6 is 11.6 Å². The van der Waals surface area contributed by atoms with Crippen molar-refractivity contribution in [1.82, 2.24) is 20.2 Å². The minimum atomic E-state index is -0.984. The fourth-order valence-corrected chi connectivity index (χ4v) is 2.97. The van der Waals surface area contributed by atoms with Crippen molar-refractivity contribution in [3.8, 4) is 0 Å². The molecule has 1 aliphatic rings. The number of piperidine rings is 1. The maximum atomic E-state index is 12.4. The molecule has 9 heteroatoms. The van der Waals surface area contributed by atoms with Gasteiger partial charge in [-0.05, 0) is 26.7 Å². The molecule has 2 rings (SSSR count). The highest BCUT2D eigenvalue weighted by atomic mass is 35.5. The molecule has 0 spiro atoms. The number of aromatic amines is 1. The first kappa shape index (κ1) is 18.5. The number of likely N-dealkylation sites (tertiary alicyclic amines) is 1. The molecular weight excluding hydrogens is 336 g/mol. The molecule has 8 nitrogen and oxygen atoms in total. The van der Waals surface area contributed by atoms with Gasteiger partial charge in [-0.1, -0.05) is 18.5 Å². The van der Waals surface area contributed by atoms with Crippen LogP contribution in [0.1, 0.15) is 43.5 Å². The van der Waals surface area contributed by atoms with E-state index in [0.717, 1.165) is 0 Å². The van der Waals surface area contributed by atoms with Crippen molar-refractivity contribution in [2.45, 2.75) is 51.9 Å². The smallest absolute Gasteiger partial charge is 0.407 e. The standard InChI is InChI=1S/C15H23ClN4O4/c1-4-9-12(16)19-13(17-9)14(21)18-10-5-6-20(15(22)23)7-11(10)24-8(2)3/h8,10-11H,4-7H2,1-3H3,(H,17,19)(H,18,21)(H,22,23). The van der Waals surface area contributed by atoms with Crippen molar-refractivity contribution < 1.29 is 19.4 Å². The second kappa shape index (κ2) is 7.85. The predicted molar refractivity (Wildman–Crippen MR) is 88.5 cm³/mol. The van der Waals surface area contributed by atoms with E-state index in [1.807, 2.05) is 20.8 Å². The summed E-state index contributed by atoms with van der Waals surface area (Å²) < 4.78 is 5.79. The second-order valence-electron chi connectivity index (χ2n) is 6.03. The van der Waals surface area contributed by atoms with E-state index in [2.05, 4.69) is 15.3 Å². The molecule has 2 amide bonds. The summed E-state index contributed by atoms with van der Waals surface area (Å²) in [5.41, 5.74) is 0.706. The Balaban J connectivity index is 2.07. The zero-order chi connectivity index (χ0) is 17.9. The quantitative estimate of drug-likeness (QED) is 0.745. The number of ether oxygens (including phenoxy) is 1. The summed E-state index contributed by atoms with van der Waals surface area (Å²) in [6.07, 6.45) is -0.343. The van der Waals surface area contributed by atoms with Crippen LogP contribution in [0.15, 0.2) is 0 Å². The molecule has 1 aromatic heterocycles. The predicted octanol–water partition coefficient (Wildman–Crippen LogP) is 1.90. The topological polar surface area (TPSA) is 108 Å². The number of halogens is 1. The molecule has 2 atom stereocenters. The van der Waals surface area contributed by atoms with Gasteiger partial charge < -0.3 is 25.0 Å². The Morgan fingerprint density at radius 2 is 2.25 bits per heavy atom. The average Bonchev–Trinajstić information content (AvgIpc) is 2.89. The Morgan fingerprint density at radius 3 is 2.79 bits per heavy atom. The molecule has 24 heavy (non-hydrogen) atoms. The molecule has 1 aliphatic heterocycles. The van der Waals surface area contributed by atoms with E-state index >= 15 is 0 Å². The van der Waals surface area contributed by atoms with Gasteiger partial charge in [0.1, 0.15) is 0 Å². The molecule has 1 saturated heterocycles. The molecule has 0 aromatic carbocycles. The highest BCUT2D eigenvalue weighted by Crippen LogP contribution is 2.18. The Labute approximate surface area is 145 Å². The number of carbonyl (C=O) groups is 2. The van der Waals surface area contributed by atoms with Gasteiger partial charge in [-0.2, -0.15) is 0 Å². The molecule has 134 valence electrons. The van der Waals surface area contributed by atoms with Gasteiger partial charge in [-0.3, -0.25) is 4.79 Å². The van der Waals surface area contributed by atoms with Gasteiger partial charge >= 0.3 is 6.09 Å². The number of rotatable bonds is 5. The first-order chi connectivity index (χ1) is 11.3. The summed E-state index contributed by atoms with van der Waals surface area (Å²) in [6, 6.07) is -0.288. The van der Waals surface area contributed by atoms with Crippen LogP contribution in [0.3, 0.4) is 0 Å². The number of aryl methyl sites for hydroxylation is 1. The first-order valence-corrected chi connectivity index (χ1v) is 8.38. The zero-order valence-electron chi connectivity index (χ0n) is 14.0. The van der Waals surface area contributed by atoms with Crippen molar-refractivity contribution in [1.29, 1.82) is 0 Å². The summed E-state index contributed by atoms with van der Waals surface area (Å²) >= 11 is 5.96. The van der Waals surface area contributed by atoms with Crippen LogP contribution in [-0.4, -0.2) is 63.3 Å². The normalized spacial score (nSPS) is 21.1. The lowest BCUT2D eigenvalue weighted by Crippen LogP contribution is -2.56. The monoisotopic (exact) mass is 358 g/mol. The fourth-order valence-electron chi connectivity index (χ4n) is 2.71. The van der Waals surface area contributed by atoms with E-state index < -0.39 is 12.2 Å².